The first-order valence-corrected chi connectivity index (χ1v) is 12.0. The Labute approximate surface area is 171 Å². The van der Waals surface area contributed by atoms with E-state index in [4.69, 9.17) is 0 Å². The average Bonchev–Trinajstić information content (AvgIpc) is 2.72. The molecular weight excluding hydrogens is 384 g/mol. The van der Waals surface area contributed by atoms with E-state index in [1.54, 1.807) is 24.3 Å². The van der Waals surface area contributed by atoms with E-state index in [0.717, 1.165) is 54.4 Å². The third-order valence-corrected chi connectivity index (χ3v) is 7.01. The van der Waals surface area contributed by atoms with E-state index in [1.165, 1.54) is 11.8 Å². The summed E-state index contributed by atoms with van der Waals surface area (Å²) in [5.41, 5.74) is 4.40. The molecule has 3 aromatic rings. The summed E-state index contributed by atoms with van der Waals surface area (Å²) in [4.78, 5) is 16.2. The molecule has 0 aliphatic carbocycles. The number of pyridine rings is 1. The lowest BCUT2D eigenvalue weighted by molar-refractivity contribution is 0.460. The summed E-state index contributed by atoms with van der Waals surface area (Å²) in [5.74, 6) is 0.537. The molecule has 0 amide bonds. The molecule has 2 aromatic carbocycles. The molecule has 0 bridgehead atoms. The van der Waals surface area contributed by atoms with Gasteiger partial charge in [0.1, 0.15) is 0 Å². The third-order valence-electron chi connectivity index (χ3n) is 5.88. The maximum Gasteiger partial charge on any atom is 0.256 e. The molecule has 1 aliphatic heterocycles. The van der Waals surface area contributed by atoms with Crippen LogP contribution in [-0.4, -0.2) is 32.7 Å². The highest BCUT2D eigenvalue weighted by molar-refractivity contribution is 7.90. The van der Waals surface area contributed by atoms with Crippen LogP contribution in [0.2, 0.25) is 0 Å². The molecule has 6 heteroatoms. The molecule has 152 valence electrons. The predicted octanol–water partition coefficient (Wildman–Crippen LogP) is 3.63. The number of aromatic nitrogens is 1. The number of aryl methyl sites for hydroxylation is 1. The van der Waals surface area contributed by atoms with Crippen LogP contribution in [0.4, 0.5) is 0 Å². The van der Waals surface area contributed by atoms with Crippen molar-refractivity contribution < 1.29 is 8.42 Å². The first kappa shape index (κ1) is 19.9. The molecule has 1 aromatic heterocycles. The molecule has 1 aliphatic rings. The Bertz CT molecular complexity index is 1210. The summed E-state index contributed by atoms with van der Waals surface area (Å²) < 4.78 is 23.5. The van der Waals surface area contributed by atoms with Crippen LogP contribution in [0.25, 0.3) is 22.0 Å². The van der Waals surface area contributed by atoms with Crippen LogP contribution < -0.4 is 10.9 Å². The first-order chi connectivity index (χ1) is 13.9. The molecule has 0 atom stereocenters. The van der Waals surface area contributed by atoms with E-state index < -0.39 is 9.84 Å². The van der Waals surface area contributed by atoms with Gasteiger partial charge in [-0.2, -0.15) is 0 Å². The van der Waals surface area contributed by atoms with Crippen LogP contribution in [-0.2, 0) is 16.3 Å². The number of sulfone groups is 1. The highest BCUT2D eigenvalue weighted by Crippen LogP contribution is 2.32. The Morgan fingerprint density at radius 2 is 1.72 bits per heavy atom. The quantitative estimate of drug-likeness (QED) is 0.688. The lowest BCUT2D eigenvalue weighted by Crippen LogP contribution is -2.26. The molecule has 29 heavy (non-hydrogen) atoms. The first-order valence-electron chi connectivity index (χ1n) is 10.1. The molecule has 0 radical (unpaired) electrons. The van der Waals surface area contributed by atoms with Gasteiger partial charge in [-0.25, -0.2) is 8.42 Å². The van der Waals surface area contributed by atoms with Crippen LogP contribution in [0, 0.1) is 0 Å². The van der Waals surface area contributed by atoms with Crippen molar-refractivity contribution in [1.29, 1.82) is 0 Å². The molecule has 4 rings (SSSR count). The fraction of sp³-hybridized carbons (Fsp3) is 0.348. The summed E-state index contributed by atoms with van der Waals surface area (Å²) in [6.07, 6.45) is 4.15. The highest BCUT2D eigenvalue weighted by Gasteiger charge is 2.18. The van der Waals surface area contributed by atoms with Gasteiger partial charge in [0.15, 0.2) is 9.84 Å². The predicted molar refractivity (Wildman–Crippen MR) is 117 cm³/mol. The fourth-order valence-electron chi connectivity index (χ4n) is 4.33. The SMILES string of the molecule is CCc1c(-c2ccc(S(C)(=O)=O)cc2)c(=O)[nH]c2ccc(C3CCNCC3)cc12. The normalized spacial score (nSPS) is 15.7. The summed E-state index contributed by atoms with van der Waals surface area (Å²) in [7, 11) is -3.27. The van der Waals surface area contributed by atoms with Gasteiger partial charge in [-0.15, -0.1) is 0 Å². The van der Waals surface area contributed by atoms with Crippen molar-refractivity contribution in [2.75, 3.05) is 19.3 Å². The van der Waals surface area contributed by atoms with Gasteiger partial charge in [0.2, 0.25) is 0 Å². The van der Waals surface area contributed by atoms with Crippen molar-refractivity contribution in [3.8, 4) is 11.1 Å². The minimum Gasteiger partial charge on any atom is -0.321 e. The minimum absolute atomic E-state index is 0.143. The summed E-state index contributed by atoms with van der Waals surface area (Å²) >= 11 is 0. The van der Waals surface area contributed by atoms with Crippen molar-refractivity contribution in [2.45, 2.75) is 37.0 Å². The van der Waals surface area contributed by atoms with Crippen molar-refractivity contribution >= 4 is 20.7 Å². The van der Waals surface area contributed by atoms with Gasteiger partial charge in [-0.05, 0) is 79.2 Å². The Morgan fingerprint density at radius 3 is 2.34 bits per heavy atom. The van der Waals surface area contributed by atoms with E-state index in [0.29, 0.717) is 11.5 Å². The zero-order valence-corrected chi connectivity index (χ0v) is 17.6. The van der Waals surface area contributed by atoms with Crippen LogP contribution >= 0.6 is 0 Å². The van der Waals surface area contributed by atoms with Crippen LogP contribution in [0.3, 0.4) is 0 Å². The number of fused-ring (bicyclic) bond motifs is 1. The average molecular weight is 411 g/mol. The number of H-pyrrole nitrogens is 1. The monoisotopic (exact) mass is 410 g/mol. The zero-order chi connectivity index (χ0) is 20.6. The standard InChI is InChI=1S/C23H26N2O3S/c1-3-19-20-14-17(15-10-12-24-13-11-15)6-9-21(20)25-23(26)22(19)16-4-7-18(8-5-16)29(2,27)28/h4-9,14-15,24H,3,10-13H2,1-2H3,(H,25,26). The molecule has 1 fully saturated rings. The van der Waals surface area contributed by atoms with Gasteiger partial charge in [0.25, 0.3) is 5.56 Å². The number of nitrogens with one attached hydrogen (secondary N) is 2. The topological polar surface area (TPSA) is 79.0 Å². The second-order valence-electron chi connectivity index (χ2n) is 7.79. The van der Waals surface area contributed by atoms with E-state index in [1.807, 2.05) is 6.07 Å². The van der Waals surface area contributed by atoms with Crippen molar-refractivity contribution in [2.24, 2.45) is 0 Å². The zero-order valence-electron chi connectivity index (χ0n) is 16.8. The summed E-state index contributed by atoms with van der Waals surface area (Å²) in [6, 6.07) is 13.0. The number of rotatable bonds is 4. The summed E-state index contributed by atoms with van der Waals surface area (Å²) in [6.45, 7) is 4.12. The largest absolute Gasteiger partial charge is 0.321 e. The Hall–Kier alpha value is -2.44. The van der Waals surface area contributed by atoms with Gasteiger partial charge in [0.05, 0.1) is 10.5 Å². The minimum atomic E-state index is -3.27. The van der Waals surface area contributed by atoms with Gasteiger partial charge >= 0.3 is 0 Å². The molecule has 2 heterocycles. The maximum absolute atomic E-state index is 12.9. The van der Waals surface area contributed by atoms with E-state index in [2.05, 4.69) is 29.4 Å². The van der Waals surface area contributed by atoms with Gasteiger partial charge in [-0.3, -0.25) is 4.79 Å². The van der Waals surface area contributed by atoms with E-state index >= 15 is 0 Å². The van der Waals surface area contributed by atoms with Gasteiger partial charge in [0, 0.05) is 17.2 Å². The Balaban J connectivity index is 1.87. The molecule has 0 spiro atoms. The van der Waals surface area contributed by atoms with Crippen molar-refractivity contribution in [3.63, 3.8) is 0 Å². The molecule has 1 saturated heterocycles. The van der Waals surface area contributed by atoms with Crippen molar-refractivity contribution in [3.05, 3.63) is 63.9 Å². The molecule has 2 N–H and O–H groups in total. The van der Waals surface area contributed by atoms with Gasteiger partial charge in [-0.1, -0.05) is 25.1 Å². The van der Waals surface area contributed by atoms with Gasteiger partial charge < -0.3 is 10.3 Å². The van der Waals surface area contributed by atoms with E-state index in [-0.39, 0.29) is 10.5 Å². The molecular formula is C23H26N2O3S. The lowest BCUT2D eigenvalue weighted by atomic mass is 9.88. The number of aromatic amines is 1. The highest BCUT2D eigenvalue weighted by atomic mass is 32.2. The number of hydrogen-bond acceptors (Lipinski definition) is 4. The second kappa shape index (κ2) is 7.76. The Morgan fingerprint density at radius 1 is 1.03 bits per heavy atom. The Kier molecular flexibility index (Phi) is 5.32. The summed E-state index contributed by atoms with van der Waals surface area (Å²) in [5, 5.41) is 4.48. The smallest absolute Gasteiger partial charge is 0.256 e. The third kappa shape index (κ3) is 3.87. The number of hydrogen-bond donors (Lipinski definition) is 2. The fourth-order valence-corrected chi connectivity index (χ4v) is 4.96. The lowest BCUT2D eigenvalue weighted by Gasteiger charge is -2.23. The van der Waals surface area contributed by atoms with E-state index in [9.17, 15) is 13.2 Å². The van der Waals surface area contributed by atoms with Crippen LogP contribution in [0.5, 0.6) is 0 Å². The number of piperidine rings is 1. The maximum atomic E-state index is 12.9. The molecule has 5 nitrogen and oxygen atoms in total. The number of benzene rings is 2. The molecule has 0 saturated carbocycles. The van der Waals surface area contributed by atoms with Crippen LogP contribution in [0.15, 0.2) is 52.2 Å². The van der Waals surface area contributed by atoms with Crippen molar-refractivity contribution in [1.82, 2.24) is 10.3 Å². The second-order valence-corrected chi connectivity index (χ2v) is 9.80. The van der Waals surface area contributed by atoms with Crippen LogP contribution in [0.1, 0.15) is 36.8 Å². The molecule has 0 unspecified atom stereocenters.